The number of nitrogens with zero attached hydrogens (tertiary/aromatic N) is 5. The van der Waals surface area contributed by atoms with E-state index in [-0.39, 0.29) is 53.1 Å². The van der Waals surface area contributed by atoms with Crippen LogP contribution in [0.5, 0.6) is 0 Å². The Labute approximate surface area is 228 Å². The number of aromatic amines is 1. The molecule has 35 heavy (non-hydrogen) atoms. The summed E-state index contributed by atoms with van der Waals surface area (Å²) in [6.07, 6.45) is 0.799. The van der Waals surface area contributed by atoms with Gasteiger partial charge in [-0.1, -0.05) is 20.8 Å². The number of unbranched alkanes of at least 4 members (excludes halogenated alkanes) is 1. The Hall–Kier alpha value is -2.30. The normalized spacial score (nSPS) is 11.7. The molecule has 184 valence electrons. The summed E-state index contributed by atoms with van der Waals surface area (Å²) in [4.78, 5) is 13.8. The van der Waals surface area contributed by atoms with Crippen molar-refractivity contribution in [3.8, 4) is 6.07 Å². The average Bonchev–Trinajstić information content (AvgIpc) is 3.15. The number of hydrogen-bond acceptors (Lipinski definition) is 9. The molecule has 0 aliphatic rings. The minimum Gasteiger partial charge on any atom is -0.748 e. The first kappa shape index (κ1) is 30.7. The summed E-state index contributed by atoms with van der Waals surface area (Å²) >= 11 is 0. The number of benzene rings is 1. The second-order valence-corrected chi connectivity index (χ2v) is 10.3. The van der Waals surface area contributed by atoms with Crippen LogP contribution in [0.3, 0.4) is 0 Å². The monoisotopic (exact) mass is 511 g/mol. The number of amides is 1. The summed E-state index contributed by atoms with van der Waals surface area (Å²) in [5.41, 5.74) is 2.26. The number of H-pyrrole nitrogens is 1. The number of azo groups is 1. The Morgan fingerprint density at radius 3 is 2.51 bits per heavy atom. The van der Waals surface area contributed by atoms with Crippen molar-refractivity contribution in [3.63, 3.8) is 0 Å². The predicted octanol–water partition coefficient (Wildman–Crippen LogP) is 1.11. The third kappa shape index (κ3) is 9.35. The number of nitriles is 1. The maximum absolute atomic E-state index is 11.8. The number of carbonyl (C=O) groups excluding carboxylic acids is 1. The van der Waals surface area contributed by atoms with Gasteiger partial charge in [0.05, 0.1) is 21.5 Å². The molecule has 0 radical (unpaired) electrons. The zero-order chi connectivity index (χ0) is 25.5. The van der Waals surface area contributed by atoms with Crippen molar-refractivity contribution in [1.82, 2.24) is 10.2 Å². The number of nitrogens with one attached hydrogen (secondary N) is 2. The van der Waals surface area contributed by atoms with Crippen LogP contribution in [0.25, 0.3) is 0 Å². The maximum atomic E-state index is 11.8. The van der Waals surface area contributed by atoms with Gasteiger partial charge in [0.1, 0.15) is 17.3 Å². The molecule has 2 rings (SSSR count). The van der Waals surface area contributed by atoms with Gasteiger partial charge in [0.15, 0.2) is 0 Å². The van der Waals surface area contributed by atoms with Crippen LogP contribution in [0.2, 0.25) is 0 Å². The van der Waals surface area contributed by atoms with Gasteiger partial charge in [0.25, 0.3) is 0 Å². The van der Waals surface area contributed by atoms with Crippen molar-refractivity contribution in [2.24, 2.45) is 10.2 Å². The van der Waals surface area contributed by atoms with Crippen molar-refractivity contribution in [2.75, 3.05) is 29.1 Å². The smallest absolute Gasteiger partial charge is 0.748 e. The molecule has 0 saturated carbocycles. The van der Waals surface area contributed by atoms with Crippen LogP contribution in [0.4, 0.5) is 22.9 Å². The van der Waals surface area contributed by atoms with Crippen molar-refractivity contribution < 1.29 is 47.3 Å². The number of rotatable bonds is 10. The molecule has 1 aromatic carbocycles. The third-order valence-electron chi connectivity index (χ3n) is 4.97. The van der Waals surface area contributed by atoms with Gasteiger partial charge in [-0.05, 0) is 38.0 Å². The second-order valence-electron chi connectivity index (χ2n) is 8.79. The van der Waals surface area contributed by atoms with Gasteiger partial charge in [-0.3, -0.25) is 9.89 Å². The van der Waals surface area contributed by atoms with Gasteiger partial charge < -0.3 is 14.8 Å². The SMILES string of the molecule is CCN(CCCCS(=O)(=O)[O-])c1ccc(N=Nc2n[nH]c(C(C)(C)C)c2C#N)c(NC(C)=O)c1.[Na+]. The molecule has 2 N–H and O–H groups in total. The predicted molar refractivity (Wildman–Crippen MR) is 129 cm³/mol. The second kappa shape index (κ2) is 13.1. The molecule has 0 aliphatic heterocycles. The molecule has 1 amide bonds. The summed E-state index contributed by atoms with van der Waals surface area (Å²) in [5.74, 6) is -0.519. The molecule has 1 heterocycles. The summed E-state index contributed by atoms with van der Waals surface area (Å²) < 4.78 is 32.4. The van der Waals surface area contributed by atoms with Crippen LogP contribution in [-0.2, 0) is 20.3 Å². The Balaban J connectivity index is 0.00000612. The molecule has 0 aliphatic carbocycles. The third-order valence-corrected chi connectivity index (χ3v) is 5.76. The Bertz CT molecular complexity index is 1200. The first-order chi connectivity index (χ1) is 15.9. The molecular weight excluding hydrogens is 481 g/mol. The van der Waals surface area contributed by atoms with Crippen LogP contribution < -0.4 is 39.8 Å². The first-order valence-corrected chi connectivity index (χ1v) is 12.4. The molecule has 0 fully saturated rings. The van der Waals surface area contributed by atoms with E-state index in [4.69, 9.17) is 0 Å². The Kier molecular flexibility index (Phi) is 11.5. The van der Waals surface area contributed by atoms with Gasteiger partial charge in [-0.25, -0.2) is 8.42 Å². The molecular formula is C22H30N7NaO4S. The molecule has 2 aromatic rings. The van der Waals surface area contributed by atoms with E-state index in [1.54, 1.807) is 12.1 Å². The van der Waals surface area contributed by atoms with Crippen molar-refractivity contribution in [1.29, 1.82) is 5.26 Å². The number of anilines is 2. The Morgan fingerprint density at radius 1 is 1.29 bits per heavy atom. The molecule has 0 unspecified atom stereocenters. The van der Waals surface area contributed by atoms with Crippen molar-refractivity contribution >= 4 is 38.9 Å². The summed E-state index contributed by atoms with van der Waals surface area (Å²) in [5, 5.41) is 27.6. The number of aromatic nitrogens is 2. The number of carbonyl (C=O) groups is 1. The van der Waals surface area contributed by atoms with Gasteiger partial charge in [-0.2, -0.15) is 10.4 Å². The van der Waals surface area contributed by atoms with Crippen LogP contribution in [-0.4, -0.2) is 47.9 Å². The fourth-order valence-electron chi connectivity index (χ4n) is 3.30. The quantitative estimate of drug-likeness (QED) is 0.208. The van der Waals surface area contributed by atoms with Crippen molar-refractivity contribution in [3.05, 3.63) is 29.5 Å². The molecule has 0 spiro atoms. The standard InChI is InChI=1S/C22H31N7O4S.Na/c1-6-29(11-7-8-12-34(31,32)33)16-9-10-18(19(13-16)24-15(2)30)25-27-21-17(14-23)20(26-28-21)22(3,4)5;/h9-10,13H,6-8,11-12H2,1-5H3,(H,24,30)(H,26,28)(H,31,32,33);/q;+1/p-1. The fraction of sp³-hybridized carbons (Fsp3) is 0.500. The van der Waals surface area contributed by atoms with Gasteiger partial charge in [0.2, 0.25) is 11.7 Å². The van der Waals surface area contributed by atoms with E-state index in [9.17, 15) is 23.0 Å². The van der Waals surface area contributed by atoms with E-state index in [0.717, 1.165) is 5.69 Å². The minimum absolute atomic E-state index is 0. The average molecular weight is 512 g/mol. The molecule has 13 heteroatoms. The number of hydrogen-bond donors (Lipinski definition) is 2. The molecule has 11 nitrogen and oxygen atoms in total. The van der Waals surface area contributed by atoms with E-state index in [0.29, 0.717) is 42.1 Å². The molecule has 0 bridgehead atoms. The van der Waals surface area contributed by atoms with Crippen LogP contribution in [0, 0.1) is 11.3 Å². The Morgan fingerprint density at radius 2 is 1.97 bits per heavy atom. The molecule has 1 aromatic heterocycles. The zero-order valence-electron chi connectivity index (χ0n) is 21.0. The van der Waals surface area contributed by atoms with E-state index in [2.05, 4.69) is 31.8 Å². The zero-order valence-corrected chi connectivity index (χ0v) is 23.9. The topological polar surface area (TPSA) is 167 Å². The summed E-state index contributed by atoms with van der Waals surface area (Å²) in [6, 6.07) is 7.37. The van der Waals surface area contributed by atoms with E-state index < -0.39 is 15.9 Å². The summed E-state index contributed by atoms with van der Waals surface area (Å²) in [6.45, 7) is 10.4. The maximum Gasteiger partial charge on any atom is 1.00 e. The molecule has 0 atom stereocenters. The van der Waals surface area contributed by atoms with Crippen LogP contribution >= 0.6 is 0 Å². The van der Waals surface area contributed by atoms with Gasteiger partial charge in [0, 0.05) is 36.9 Å². The van der Waals surface area contributed by atoms with Crippen molar-refractivity contribution in [2.45, 2.75) is 52.9 Å². The fourth-order valence-corrected chi connectivity index (χ4v) is 3.86. The van der Waals surface area contributed by atoms with E-state index in [1.165, 1.54) is 6.92 Å². The molecule has 0 saturated heterocycles. The largest absolute Gasteiger partial charge is 1.00 e. The minimum atomic E-state index is -4.23. The van der Waals surface area contributed by atoms with Gasteiger partial charge >= 0.3 is 29.6 Å². The van der Waals surface area contributed by atoms with E-state index >= 15 is 0 Å². The van der Waals surface area contributed by atoms with E-state index in [1.807, 2.05) is 38.7 Å². The van der Waals surface area contributed by atoms with Crippen LogP contribution in [0.15, 0.2) is 28.4 Å². The first-order valence-electron chi connectivity index (χ1n) is 10.9. The van der Waals surface area contributed by atoms with Crippen LogP contribution in [0.1, 0.15) is 58.7 Å². The summed E-state index contributed by atoms with van der Waals surface area (Å²) in [7, 11) is -4.23. The van der Waals surface area contributed by atoms with Gasteiger partial charge in [-0.15, -0.1) is 10.2 Å².